The molecule has 0 aliphatic carbocycles. The molecule has 0 unspecified atom stereocenters. The van der Waals surface area contributed by atoms with E-state index >= 15 is 0 Å². The fourth-order valence-electron chi connectivity index (χ4n) is 2.94. The minimum absolute atomic E-state index is 0.0143. The van der Waals surface area contributed by atoms with Crippen molar-refractivity contribution < 1.29 is 23.8 Å². The fourth-order valence-corrected chi connectivity index (χ4v) is 2.94. The van der Waals surface area contributed by atoms with Crippen molar-refractivity contribution in [1.82, 2.24) is 0 Å². The molecule has 0 saturated carbocycles. The number of carbonyl (C=O) groups excluding carboxylic acids is 2. The van der Waals surface area contributed by atoms with Crippen molar-refractivity contribution >= 4 is 28.5 Å². The largest absolute Gasteiger partial charge is 0.508 e. The quantitative estimate of drug-likeness (QED) is 0.519. The highest BCUT2D eigenvalue weighted by Gasteiger charge is 2.14. The van der Waals surface area contributed by atoms with Gasteiger partial charge in [-0.15, -0.1) is 0 Å². The minimum atomic E-state index is -0.522. The summed E-state index contributed by atoms with van der Waals surface area (Å²) in [5, 5.41) is 13.0. The number of methoxy groups -OCH3 is 1. The number of hydrogen-bond donors (Lipinski definition) is 2. The van der Waals surface area contributed by atoms with Gasteiger partial charge in [0.15, 0.2) is 0 Å². The fraction of sp³-hybridized carbons (Fsp3) is 0.190. The average molecular weight is 381 g/mol. The molecule has 0 spiro atoms. The lowest BCUT2D eigenvalue weighted by Crippen LogP contribution is -2.16. The molecule has 28 heavy (non-hydrogen) atoms. The maximum absolute atomic E-state index is 12.2. The van der Waals surface area contributed by atoms with E-state index in [-0.39, 0.29) is 24.5 Å². The molecule has 2 aromatic carbocycles. The standard InChI is InChI=1S/C21H19NO6/c1-12-16-8-7-15(23)11-18(16)28-21(26)17(12)9-10-19(24)22-14-5-3-13(4-6-14)20(25)27-2/h3-8,11,23H,9-10H2,1-2H3,(H,22,24). The summed E-state index contributed by atoms with van der Waals surface area (Å²) in [5.74, 6) is -0.708. The second-order valence-electron chi connectivity index (χ2n) is 6.29. The van der Waals surface area contributed by atoms with Crippen molar-refractivity contribution in [3.05, 3.63) is 69.6 Å². The smallest absolute Gasteiger partial charge is 0.339 e. The van der Waals surface area contributed by atoms with Crippen LogP contribution in [0.15, 0.2) is 51.7 Å². The second-order valence-corrected chi connectivity index (χ2v) is 6.29. The van der Waals surface area contributed by atoms with Crippen LogP contribution >= 0.6 is 0 Å². The zero-order valence-corrected chi connectivity index (χ0v) is 15.4. The molecule has 144 valence electrons. The molecule has 7 nitrogen and oxygen atoms in total. The van der Waals surface area contributed by atoms with Gasteiger partial charge in [0.25, 0.3) is 0 Å². The van der Waals surface area contributed by atoms with Crippen molar-refractivity contribution in [1.29, 1.82) is 0 Å². The number of rotatable bonds is 5. The van der Waals surface area contributed by atoms with E-state index in [1.807, 2.05) is 0 Å². The number of hydrogen-bond acceptors (Lipinski definition) is 6. The zero-order chi connectivity index (χ0) is 20.3. The second kappa shape index (κ2) is 7.96. The van der Waals surface area contributed by atoms with Crippen molar-refractivity contribution in [2.45, 2.75) is 19.8 Å². The van der Waals surface area contributed by atoms with Crippen LogP contribution in [0.25, 0.3) is 11.0 Å². The third-order valence-corrected chi connectivity index (χ3v) is 4.46. The highest BCUT2D eigenvalue weighted by molar-refractivity contribution is 5.93. The molecule has 0 fully saturated rings. The predicted octanol–water partition coefficient (Wildman–Crippen LogP) is 3.16. The topological polar surface area (TPSA) is 106 Å². The van der Waals surface area contributed by atoms with E-state index in [0.717, 1.165) is 5.56 Å². The number of aromatic hydroxyl groups is 1. The lowest BCUT2D eigenvalue weighted by Gasteiger charge is -2.09. The first kappa shape index (κ1) is 19.2. The van der Waals surface area contributed by atoms with Gasteiger partial charge >= 0.3 is 11.6 Å². The first-order valence-corrected chi connectivity index (χ1v) is 8.62. The molecule has 1 amide bonds. The number of carbonyl (C=O) groups is 2. The summed E-state index contributed by atoms with van der Waals surface area (Å²) >= 11 is 0. The van der Waals surface area contributed by atoms with Gasteiger partial charge in [-0.3, -0.25) is 4.79 Å². The van der Waals surface area contributed by atoms with Crippen molar-refractivity contribution in [3.8, 4) is 5.75 Å². The van der Waals surface area contributed by atoms with E-state index < -0.39 is 11.6 Å². The Balaban J connectivity index is 1.70. The molecule has 0 radical (unpaired) electrons. The molecule has 3 rings (SSSR count). The highest BCUT2D eigenvalue weighted by atomic mass is 16.5. The van der Waals surface area contributed by atoms with Gasteiger partial charge in [-0.25, -0.2) is 9.59 Å². The lowest BCUT2D eigenvalue weighted by atomic mass is 10.0. The first-order chi connectivity index (χ1) is 13.4. The molecule has 1 heterocycles. The molecular formula is C21H19NO6. The number of ether oxygens (including phenoxy) is 1. The van der Waals surface area contributed by atoms with Crippen LogP contribution in [0.3, 0.4) is 0 Å². The van der Waals surface area contributed by atoms with E-state index in [1.165, 1.54) is 19.2 Å². The molecular weight excluding hydrogens is 362 g/mol. The van der Waals surface area contributed by atoms with Crippen molar-refractivity contribution in [2.75, 3.05) is 12.4 Å². The maximum atomic E-state index is 12.2. The number of phenolic OH excluding ortho intramolecular Hbond substituents is 1. The monoisotopic (exact) mass is 381 g/mol. The Morgan fingerprint density at radius 2 is 1.86 bits per heavy atom. The van der Waals surface area contributed by atoms with Crippen molar-refractivity contribution in [3.63, 3.8) is 0 Å². The van der Waals surface area contributed by atoms with Crippen LogP contribution in [0.4, 0.5) is 5.69 Å². The number of fused-ring (bicyclic) bond motifs is 1. The molecule has 0 aliphatic rings. The molecule has 0 saturated heterocycles. The van der Waals surface area contributed by atoms with Gasteiger partial charge in [-0.05, 0) is 55.3 Å². The Labute approximate surface area is 160 Å². The van der Waals surface area contributed by atoms with Crippen LogP contribution in [-0.4, -0.2) is 24.1 Å². The minimum Gasteiger partial charge on any atom is -0.508 e. The summed E-state index contributed by atoms with van der Waals surface area (Å²) in [6.07, 6.45) is 0.311. The number of esters is 1. The summed E-state index contributed by atoms with van der Waals surface area (Å²) in [6.45, 7) is 1.79. The number of phenols is 1. The Morgan fingerprint density at radius 1 is 1.14 bits per heavy atom. The lowest BCUT2D eigenvalue weighted by molar-refractivity contribution is -0.116. The summed E-state index contributed by atoms with van der Waals surface area (Å²) in [4.78, 5) is 35.9. The third kappa shape index (κ3) is 4.03. The van der Waals surface area contributed by atoms with E-state index in [4.69, 9.17) is 4.42 Å². The molecule has 1 aromatic heterocycles. The number of anilines is 1. The summed E-state index contributed by atoms with van der Waals surface area (Å²) in [6, 6.07) is 10.9. The number of aryl methyl sites for hydroxylation is 1. The van der Waals surface area contributed by atoms with E-state index in [0.29, 0.717) is 27.8 Å². The van der Waals surface area contributed by atoms with Gasteiger partial charge in [0.1, 0.15) is 11.3 Å². The van der Waals surface area contributed by atoms with Crippen LogP contribution in [0, 0.1) is 6.92 Å². The molecule has 7 heteroatoms. The first-order valence-electron chi connectivity index (χ1n) is 8.62. The molecule has 0 bridgehead atoms. The Hall–Kier alpha value is -3.61. The van der Waals surface area contributed by atoms with Crippen LogP contribution in [0.1, 0.15) is 27.9 Å². The van der Waals surface area contributed by atoms with Crippen molar-refractivity contribution in [2.24, 2.45) is 0 Å². The Kier molecular flexibility index (Phi) is 5.44. The van der Waals surface area contributed by atoms with E-state index in [9.17, 15) is 19.5 Å². The van der Waals surface area contributed by atoms with Gasteiger partial charge < -0.3 is 19.6 Å². The van der Waals surface area contributed by atoms with Gasteiger partial charge in [0, 0.05) is 29.1 Å². The molecule has 0 aliphatic heterocycles. The van der Waals surface area contributed by atoms with Crippen LogP contribution in [-0.2, 0) is 16.0 Å². The van der Waals surface area contributed by atoms with Gasteiger partial charge in [0.05, 0.1) is 12.7 Å². The summed E-state index contributed by atoms with van der Waals surface area (Å²) in [5.41, 5.74) is 1.86. The van der Waals surface area contributed by atoms with E-state index in [1.54, 1.807) is 37.3 Å². The average Bonchev–Trinajstić information content (AvgIpc) is 2.67. The van der Waals surface area contributed by atoms with Gasteiger partial charge in [0.2, 0.25) is 5.91 Å². The third-order valence-electron chi connectivity index (χ3n) is 4.46. The maximum Gasteiger partial charge on any atom is 0.339 e. The Morgan fingerprint density at radius 3 is 2.54 bits per heavy atom. The summed E-state index contributed by atoms with van der Waals surface area (Å²) < 4.78 is 9.89. The van der Waals surface area contributed by atoms with Crippen LogP contribution in [0.5, 0.6) is 5.75 Å². The normalized spacial score (nSPS) is 10.6. The SMILES string of the molecule is COC(=O)c1ccc(NC(=O)CCc2c(C)c3ccc(O)cc3oc2=O)cc1. The van der Waals surface area contributed by atoms with Crippen LogP contribution in [0.2, 0.25) is 0 Å². The highest BCUT2D eigenvalue weighted by Crippen LogP contribution is 2.24. The van der Waals surface area contributed by atoms with E-state index in [2.05, 4.69) is 10.1 Å². The van der Waals surface area contributed by atoms with Gasteiger partial charge in [-0.2, -0.15) is 0 Å². The Bertz CT molecular complexity index is 1100. The zero-order valence-electron chi connectivity index (χ0n) is 15.4. The molecule has 0 atom stereocenters. The molecule has 2 N–H and O–H groups in total. The van der Waals surface area contributed by atoms with Crippen LogP contribution < -0.4 is 10.9 Å². The number of amides is 1. The number of nitrogens with one attached hydrogen (secondary N) is 1. The number of benzene rings is 2. The predicted molar refractivity (Wildman–Crippen MR) is 104 cm³/mol. The molecule has 3 aromatic rings. The summed E-state index contributed by atoms with van der Waals surface area (Å²) in [7, 11) is 1.30. The van der Waals surface area contributed by atoms with Gasteiger partial charge in [-0.1, -0.05) is 0 Å².